The molecule has 2 rings (SSSR count). The third kappa shape index (κ3) is 3.00. The van der Waals surface area contributed by atoms with Crippen molar-refractivity contribution >= 4 is 6.03 Å². The summed E-state index contributed by atoms with van der Waals surface area (Å²) in [6.45, 7) is 7.15. The summed E-state index contributed by atoms with van der Waals surface area (Å²) in [4.78, 5) is 17.5. The van der Waals surface area contributed by atoms with Gasteiger partial charge < -0.3 is 15.0 Å². The minimum Gasteiger partial charge on any atom is -0.471 e. The molecular weight excluding hydrogens is 230 g/mol. The van der Waals surface area contributed by atoms with Crippen LogP contribution in [0, 0.1) is 6.92 Å². The van der Waals surface area contributed by atoms with Gasteiger partial charge in [0.05, 0.1) is 13.1 Å². The monoisotopic (exact) mass is 247 g/mol. The lowest BCUT2D eigenvalue weighted by molar-refractivity contribution is 0.0416. The average molecular weight is 247 g/mol. The van der Waals surface area contributed by atoms with Gasteiger partial charge in [0, 0.05) is 18.3 Å². The van der Waals surface area contributed by atoms with Crippen LogP contribution in [0.15, 0.2) is 30.9 Å². The van der Waals surface area contributed by atoms with Crippen LogP contribution in [0.3, 0.4) is 0 Å². The van der Waals surface area contributed by atoms with Crippen LogP contribution < -0.4 is 10.1 Å². The molecule has 1 N–H and O–H groups in total. The second-order valence-corrected chi connectivity index (χ2v) is 4.24. The van der Waals surface area contributed by atoms with Gasteiger partial charge in [0.15, 0.2) is 0 Å². The van der Waals surface area contributed by atoms with Crippen LogP contribution in [0.1, 0.15) is 5.69 Å². The zero-order chi connectivity index (χ0) is 13.0. The predicted octanol–water partition coefficient (Wildman–Crippen LogP) is 1.35. The van der Waals surface area contributed by atoms with Crippen LogP contribution >= 0.6 is 0 Å². The molecule has 0 aromatic carbocycles. The Bertz CT molecular complexity index is 442. The SMILES string of the molecule is C=CCNC(=O)N1CC(Oc2cccc(C)n2)C1. The molecule has 2 heterocycles. The first-order valence-electron chi connectivity index (χ1n) is 5.93. The van der Waals surface area contributed by atoms with Crippen molar-refractivity contribution in [2.24, 2.45) is 0 Å². The summed E-state index contributed by atoms with van der Waals surface area (Å²) < 4.78 is 5.66. The summed E-state index contributed by atoms with van der Waals surface area (Å²) in [5, 5.41) is 2.73. The summed E-state index contributed by atoms with van der Waals surface area (Å²) in [5.74, 6) is 0.617. The van der Waals surface area contributed by atoms with E-state index in [2.05, 4.69) is 16.9 Å². The first-order valence-corrected chi connectivity index (χ1v) is 5.93. The minimum atomic E-state index is -0.0769. The highest BCUT2D eigenvalue weighted by atomic mass is 16.5. The number of hydrogen-bond donors (Lipinski definition) is 1. The van der Waals surface area contributed by atoms with Gasteiger partial charge in [0.2, 0.25) is 5.88 Å². The lowest BCUT2D eigenvalue weighted by Crippen LogP contribution is -2.58. The first kappa shape index (κ1) is 12.4. The van der Waals surface area contributed by atoms with E-state index in [4.69, 9.17) is 4.74 Å². The van der Waals surface area contributed by atoms with Crippen LogP contribution in [0.25, 0.3) is 0 Å². The topological polar surface area (TPSA) is 54.5 Å². The fourth-order valence-corrected chi connectivity index (χ4v) is 1.70. The van der Waals surface area contributed by atoms with Gasteiger partial charge in [-0.05, 0) is 13.0 Å². The smallest absolute Gasteiger partial charge is 0.317 e. The highest BCUT2D eigenvalue weighted by Crippen LogP contribution is 2.16. The predicted molar refractivity (Wildman–Crippen MR) is 68.6 cm³/mol. The number of pyridine rings is 1. The Morgan fingerprint density at radius 1 is 1.67 bits per heavy atom. The lowest BCUT2D eigenvalue weighted by atomic mass is 10.2. The number of carbonyl (C=O) groups is 1. The minimum absolute atomic E-state index is 0.0359. The van der Waals surface area contributed by atoms with Crippen LogP contribution in [-0.2, 0) is 0 Å². The molecule has 0 spiro atoms. The Labute approximate surface area is 106 Å². The Hall–Kier alpha value is -2.04. The molecule has 0 bridgehead atoms. The van der Waals surface area contributed by atoms with Gasteiger partial charge in [0.1, 0.15) is 6.10 Å². The number of nitrogens with zero attached hydrogens (tertiary/aromatic N) is 2. The molecule has 1 aromatic rings. The van der Waals surface area contributed by atoms with Crippen molar-refractivity contribution in [3.05, 3.63) is 36.5 Å². The molecule has 0 radical (unpaired) electrons. The van der Waals surface area contributed by atoms with Crippen molar-refractivity contribution in [2.45, 2.75) is 13.0 Å². The Balaban J connectivity index is 1.76. The number of rotatable bonds is 4. The maximum absolute atomic E-state index is 11.5. The second kappa shape index (κ2) is 5.53. The number of ether oxygens (including phenoxy) is 1. The van der Waals surface area contributed by atoms with Crippen LogP contribution in [0.4, 0.5) is 4.79 Å². The first-order chi connectivity index (χ1) is 8.69. The summed E-state index contributed by atoms with van der Waals surface area (Å²) in [6, 6.07) is 5.58. The van der Waals surface area contributed by atoms with E-state index in [-0.39, 0.29) is 12.1 Å². The van der Waals surface area contributed by atoms with Gasteiger partial charge >= 0.3 is 6.03 Å². The maximum atomic E-state index is 11.5. The molecule has 0 aliphatic carbocycles. The molecule has 0 unspecified atom stereocenters. The van der Waals surface area contributed by atoms with Gasteiger partial charge in [-0.3, -0.25) is 0 Å². The summed E-state index contributed by atoms with van der Waals surface area (Å²) in [6.07, 6.45) is 1.69. The third-order valence-corrected chi connectivity index (χ3v) is 2.68. The summed E-state index contributed by atoms with van der Waals surface area (Å²) >= 11 is 0. The Morgan fingerprint density at radius 3 is 3.11 bits per heavy atom. The van der Waals surface area contributed by atoms with E-state index < -0.39 is 0 Å². The molecule has 0 atom stereocenters. The quantitative estimate of drug-likeness (QED) is 0.817. The van der Waals surface area contributed by atoms with Crippen molar-refractivity contribution in [3.63, 3.8) is 0 Å². The molecule has 1 fully saturated rings. The number of hydrogen-bond acceptors (Lipinski definition) is 3. The highest BCUT2D eigenvalue weighted by molar-refractivity contribution is 5.75. The lowest BCUT2D eigenvalue weighted by Gasteiger charge is -2.38. The second-order valence-electron chi connectivity index (χ2n) is 4.24. The number of likely N-dealkylation sites (tertiary alicyclic amines) is 1. The number of nitrogens with one attached hydrogen (secondary N) is 1. The Kier molecular flexibility index (Phi) is 3.82. The van der Waals surface area contributed by atoms with E-state index in [0.29, 0.717) is 25.5 Å². The van der Waals surface area contributed by atoms with Crippen LogP contribution in [0.5, 0.6) is 5.88 Å². The van der Waals surface area contributed by atoms with Crippen molar-refractivity contribution in [1.82, 2.24) is 15.2 Å². The van der Waals surface area contributed by atoms with E-state index in [1.807, 2.05) is 25.1 Å². The van der Waals surface area contributed by atoms with Gasteiger partial charge in [-0.15, -0.1) is 6.58 Å². The van der Waals surface area contributed by atoms with E-state index in [0.717, 1.165) is 5.69 Å². The third-order valence-electron chi connectivity index (χ3n) is 2.68. The van der Waals surface area contributed by atoms with Crippen molar-refractivity contribution in [3.8, 4) is 5.88 Å². The van der Waals surface area contributed by atoms with Crippen molar-refractivity contribution < 1.29 is 9.53 Å². The normalized spacial score (nSPS) is 14.8. The van der Waals surface area contributed by atoms with E-state index in [1.165, 1.54) is 0 Å². The number of carbonyl (C=O) groups excluding carboxylic acids is 1. The van der Waals surface area contributed by atoms with Crippen LogP contribution in [-0.4, -0.2) is 41.7 Å². The maximum Gasteiger partial charge on any atom is 0.317 e. The van der Waals surface area contributed by atoms with Crippen molar-refractivity contribution in [2.75, 3.05) is 19.6 Å². The van der Waals surface area contributed by atoms with Gasteiger partial charge in [-0.1, -0.05) is 12.1 Å². The molecule has 1 aliphatic rings. The highest BCUT2D eigenvalue weighted by Gasteiger charge is 2.32. The largest absolute Gasteiger partial charge is 0.471 e. The molecule has 5 nitrogen and oxygen atoms in total. The molecular formula is C13H17N3O2. The Morgan fingerprint density at radius 2 is 2.44 bits per heavy atom. The molecule has 1 saturated heterocycles. The van der Waals surface area contributed by atoms with Crippen LogP contribution in [0.2, 0.25) is 0 Å². The van der Waals surface area contributed by atoms with E-state index in [1.54, 1.807) is 11.0 Å². The zero-order valence-electron chi connectivity index (χ0n) is 10.4. The standard InChI is InChI=1S/C13H17N3O2/c1-3-7-14-13(17)16-8-11(9-16)18-12-6-4-5-10(2)15-12/h3-6,11H,1,7-9H2,2H3,(H,14,17). The van der Waals surface area contributed by atoms with E-state index >= 15 is 0 Å². The van der Waals surface area contributed by atoms with Gasteiger partial charge in [0.25, 0.3) is 0 Å². The number of amides is 2. The summed E-state index contributed by atoms with van der Waals surface area (Å²) in [5.41, 5.74) is 0.924. The fraction of sp³-hybridized carbons (Fsp3) is 0.385. The molecule has 1 aliphatic heterocycles. The van der Waals surface area contributed by atoms with Gasteiger partial charge in [-0.2, -0.15) is 0 Å². The zero-order valence-corrected chi connectivity index (χ0v) is 10.4. The van der Waals surface area contributed by atoms with Crippen molar-refractivity contribution in [1.29, 1.82) is 0 Å². The fourth-order valence-electron chi connectivity index (χ4n) is 1.70. The number of aromatic nitrogens is 1. The molecule has 1 aromatic heterocycles. The number of aryl methyl sites for hydroxylation is 1. The summed E-state index contributed by atoms with van der Waals surface area (Å²) in [7, 11) is 0. The molecule has 2 amide bonds. The molecule has 96 valence electrons. The van der Waals surface area contributed by atoms with E-state index in [9.17, 15) is 4.79 Å². The molecule has 0 saturated carbocycles. The number of urea groups is 1. The van der Waals surface area contributed by atoms with Gasteiger partial charge in [-0.25, -0.2) is 9.78 Å². The molecule has 5 heteroatoms. The molecule has 18 heavy (non-hydrogen) atoms. The average Bonchev–Trinajstić information content (AvgIpc) is 2.30.